The second-order valence-corrected chi connectivity index (χ2v) is 12.9. The fraction of sp³-hybridized carbons (Fsp3) is 0.655. The first kappa shape index (κ1) is 27.2. The van der Waals surface area contributed by atoms with E-state index in [1.165, 1.54) is 4.88 Å². The second kappa shape index (κ2) is 10.7. The van der Waals surface area contributed by atoms with Crippen molar-refractivity contribution in [3.63, 3.8) is 0 Å². The maximum Gasteiger partial charge on any atom is 0.225 e. The molecule has 2 heterocycles. The highest BCUT2D eigenvalue weighted by Gasteiger charge is 2.54. The topological polar surface area (TPSA) is 87.2 Å². The fourth-order valence-corrected chi connectivity index (χ4v) is 8.40. The van der Waals surface area contributed by atoms with Crippen molar-refractivity contribution < 1.29 is 19.4 Å². The Labute approximate surface area is 230 Å². The van der Waals surface area contributed by atoms with E-state index >= 15 is 0 Å². The summed E-state index contributed by atoms with van der Waals surface area (Å²) in [5.74, 6) is 1.63. The van der Waals surface area contributed by atoms with Gasteiger partial charge in [0.1, 0.15) is 11.5 Å². The summed E-state index contributed by atoms with van der Waals surface area (Å²) >= 11 is 1.69. The maximum atomic E-state index is 13.4. The molecule has 2 fully saturated rings. The van der Waals surface area contributed by atoms with Gasteiger partial charge in [0.05, 0.1) is 31.7 Å². The quantitative estimate of drug-likeness (QED) is 0.561. The van der Waals surface area contributed by atoms with Crippen LogP contribution in [-0.2, 0) is 11.2 Å². The van der Waals surface area contributed by atoms with Crippen LogP contribution in [0.2, 0.25) is 0 Å². The SMILES string of the molecule is COc1ccc(OC)c(Nc2nc3c(s2)C[C@]2(C)CCC([C@H](C)C(=O)N4CCN(C)CC4)[C@H](O)[C@H]2[C@@H]3C)c1. The summed E-state index contributed by atoms with van der Waals surface area (Å²) in [4.78, 5) is 24.0. The first-order valence-corrected chi connectivity index (χ1v) is 14.6. The monoisotopic (exact) mass is 542 g/mol. The molecule has 38 heavy (non-hydrogen) atoms. The molecule has 8 nitrogen and oxygen atoms in total. The van der Waals surface area contributed by atoms with E-state index in [4.69, 9.17) is 14.5 Å². The van der Waals surface area contributed by atoms with Gasteiger partial charge in [-0.2, -0.15) is 0 Å². The van der Waals surface area contributed by atoms with Gasteiger partial charge in [0.25, 0.3) is 0 Å². The number of thiazole rings is 1. The number of rotatable bonds is 6. The predicted octanol–water partition coefficient (Wildman–Crippen LogP) is 4.37. The third-order valence-electron chi connectivity index (χ3n) is 9.42. The molecule has 5 rings (SSSR count). The zero-order valence-electron chi connectivity index (χ0n) is 23.5. The molecule has 0 radical (unpaired) electrons. The molecule has 1 aliphatic heterocycles. The lowest BCUT2D eigenvalue weighted by molar-refractivity contribution is -0.146. The first-order chi connectivity index (χ1) is 18.1. The van der Waals surface area contributed by atoms with Crippen LogP contribution in [0.25, 0.3) is 0 Å². The van der Waals surface area contributed by atoms with E-state index in [1.807, 2.05) is 30.0 Å². The average Bonchev–Trinajstić information content (AvgIpc) is 3.30. The largest absolute Gasteiger partial charge is 0.497 e. The van der Waals surface area contributed by atoms with Crippen molar-refractivity contribution in [2.75, 3.05) is 52.8 Å². The van der Waals surface area contributed by atoms with Crippen LogP contribution in [0.5, 0.6) is 11.5 Å². The summed E-state index contributed by atoms with van der Waals surface area (Å²) in [5, 5.41) is 16.1. The molecule has 1 unspecified atom stereocenters. The minimum atomic E-state index is -0.528. The fourth-order valence-electron chi connectivity index (χ4n) is 7.12. The van der Waals surface area contributed by atoms with E-state index < -0.39 is 6.10 Å². The zero-order valence-corrected chi connectivity index (χ0v) is 24.3. The Bertz CT molecular complexity index is 1160. The highest BCUT2D eigenvalue weighted by atomic mass is 32.1. The van der Waals surface area contributed by atoms with Crippen LogP contribution in [0, 0.1) is 23.2 Å². The Hall–Kier alpha value is -2.36. The summed E-state index contributed by atoms with van der Waals surface area (Å²) in [6, 6.07) is 5.67. The number of benzene rings is 1. The van der Waals surface area contributed by atoms with Crippen LogP contribution in [0.4, 0.5) is 10.8 Å². The van der Waals surface area contributed by atoms with Gasteiger partial charge in [0.2, 0.25) is 5.91 Å². The van der Waals surface area contributed by atoms with Gasteiger partial charge in [0, 0.05) is 49.0 Å². The average molecular weight is 543 g/mol. The summed E-state index contributed by atoms with van der Waals surface area (Å²) in [6.07, 6.45) is 2.26. The highest BCUT2D eigenvalue weighted by Crippen LogP contribution is 2.57. The van der Waals surface area contributed by atoms with Gasteiger partial charge in [-0.05, 0) is 55.7 Å². The molecule has 0 bridgehead atoms. The molecule has 1 aromatic heterocycles. The van der Waals surface area contributed by atoms with Crippen LogP contribution >= 0.6 is 11.3 Å². The van der Waals surface area contributed by atoms with Gasteiger partial charge < -0.3 is 29.7 Å². The number of piperazine rings is 1. The molecule has 9 heteroatoms. The van der Waals surface area contributed by atoms with Gasteiger partial charge in [0.15, 0.2) is 5.13 Å². The van der Waals surface area contributed by atoms with Crippen molar-refractivity contribution in [1.82, 2.24) is 14.8 Å². The number of carbonyl (C=O) groups is 1. The Balaban J connectivity index is 1.35. The van der Waals surface area contributed by atoms with Crippen LogP contribution in [0.3, 0.4) is 0 Å². The molecule has 2 aromatic rings. The van der Waals surface area contributed by atoms with Gasteiger partial charge in [-0.3, -0.25) is 4.79 Å². The number of aliphatic hydroxyl groups is 1. The number of likely N-dealkylation sites (N-methyl/N-ethyl adjacent to an activating group) is 1. The summed E-state index contributed by atoms with van der Waals surface area (Å²) < 4.78 is 10.9. The van der Waals surface area contributed by atoms with Crippen molar-refractivity contribution in [2.45, 2.75) is 52.1 Å². The van der Waals surface area contributed by atoms with Crippen molar-refractivity contribution in [2.24, 2.45) is 23.2 Å². The number of nitrogens with one attached hydrogen (secondary N) is 1. The molecular weight excluding hydrogens is 500 g/mol. The molecule has 2 aliphatic carbocycles. The lowest BCUT2D eigenvalue weighted by Crippen LogP contribution is -2.55. The van der Waals surface area contributed by atoms with Crippen LogP contribution < -0.4 is 14.8 Å². The standard InChI is InChI=1S/C29H42N4O4S/c1-17(27(35)33-13-11-32(4)12-14-33)20-9-10-29(3)16-23-25(18(2)24(29)26(20)34)31-28(38-23)30-21-15-19(36-5)7-8-22(21)37-6/h7-8,15,17-18,20,24,26,34H,9-14,16H2,1-6H3,(H,30,31)/t17-,18-,20?,24+,26-,29-/m0/s1. The molecule has 6 atom stereocenters. The lowest BCUT2D eigenvalue weighted by atomic mass is 9.53. The number of aromatic nitrogens is 1. The number of anilines is 2. The van der Waals surface area contributed by atoms with Crippen molar-refractivity contribution in [3.8, 4) is 11.5 Å². The zero-order chi connectivity index (χ0) is 27.2. The number of amides is 1. The van der Waals surface area contributed by atoms with Crippen molar-refractivity contribution in [1.29, 1.82) is 0 Å². The van der Waals surface area contributed by atoms with E-state index in [2.05, 4.69) is 31.1 Å². The van der Waals surface area contributed by atoms with E-state index in [9.17, 15) is 9.90 Å². The number of methoxy groups -OCH3 is 2. The molecule has 1 aromatic carbocycles. The van der Waals surface area contributed by atoms with Crippen LogP contribution in [0.15, 0.2) is 18.2 Å². The molecule has 1 amide bonds. The third-order valence-corrected chi connectivity index (χ3v) is 10.4. The molecule has 2 N–H and O–H groups in total. The Morgan fingerprint density at radius 1 is 1.24 bits per heavy atom. The Kier molecular flexibility index (Phi) is 7.64. The molecule has 1 saturated heterocycles. The third kappa shape index (κ3) is 4.89. The molecule has 3 aliphatic rings. The number of aliphatic hydroxyl groups excluding tert-OH is 1. The normalized spacial score (nSPS) is 30.2. The minimum Gasteiger partial charge on any atom is -0.497 e. The number of hydrogen-bond acceptors (Lipinski definition) is 8. The smallest absolute Gasteiger partial charge is 0.225 e. The van der Waals surface area contributed by atoms with E-state index in [0.717, 1.165) is 73.5 Å². The minimum absolute atomic E-state index is 0.0175. The van der Waals surface area contributed by atoms with E-state index in [0.29, 0.717) is 0 Å². The molecule has 0 spiro atoms. The summed E-state index contributed by atoms with van der Waals surface area (Å²) in [6.45, 7) is 9.92. The first-order valence-electron chi connectivity index (χ1n) is 13.8. The molecule has 208 valence electrons. The predicted molar refractivity (Wildman–Crippen MR) is 151 cm³/mol. The van der Waals surface area contributed by atoms with Gasteiger partial charge in [-0.25, -0.2) is 4.98 Å². The van der Waals surface area contributed by atoms with E-state index in [1.54, 1.807) is 25.6 Å². The van der Waals surface area contributed by atoms with Crippen molar-refractivity contribution in [3.05, 3.63) is 28.8 Å². The second-order valence-electron chi connectivity index (χ2n) is 11.8. The maximum absolute atomic E-state index is 13.4. The number of hydrogen-bond donors (Lipinski definition) is 2. The molecular formula is C29H42N4O4S. The Morgan fingerprint density at radius 2 is 1.97 bits per heavy atom. The van der Waals surface area contributed by atoms with Crippen molar-refractivity contribution >= 4 is 28.1 Å². The van der Waals surface area contributed by atoms with Crippen LogP contribution in [-0.4, -0.2) is 79.3 Å². The number of nitrogens with zero attached hydrogens (tertiary/aromatic N) is 3. The summed E-state index contributed by atoms with van der Waals surface area (Å²) in [5.41, 5.74) is 1.86. The van der Waals surface area contributed by atoms with Gasteiger partial charge in [-0.1, -0.05) is 20.8 Å². The van der Waals surface area contributed by atoms with E-state index in [-0.39, 0.29) is 35.0 Å². The number of fused-ring (bicyclic) bond motifs is 2. The van der Waals surface area contributed by atoms with Crippen LogP contribution in [0.1, 0.15) is 50.1 Å². The van der Waals surface area contributed by atoms with Gasteiger partial charge in [-0.15, -0.1) is 11.3 Å². The summed E-state index contributed by atoms with van der Waals surface area (Å²) in [7, 11) is 5.40. The van der Waals surface area contributed by atoms with Gasteiger partial charge >= 0.3 is 0 Å². The number of ether oxygens (including phenoxy) is 2. The molecule has 1 saturated carbocycles. The Morgan fingerprint density at radius 3 is 2.66 bits per heavy atom. The lowest BCUT2D eigenvalue weighted by Gasteiger charge is -2.53. The number of carbonyl (C=O) groups excluding carboxylic acids is 1. The highest BCUT2D eigenvalue weighted by molar-refractivity contribution is 7.15.